The van der Waals surface area contributed by atoms with E-state index in [0.29, 0.717) is 12.2 Å². The number of nitrogens with zero attached hydrogens (tertiary/aromatic N) is 1. The van der Waals surface area contributed by atoms with E-state index in [0.717, 1.165) is 11.3 Å². The highest BCUT2D eigenvalue weighted by atomic mass is 16.2. The number of hydrogen-bond acceptors (Lipinski definition) is 2. The van der Waals surface area contributed by atoms with Crippen molar-refractivity contribution in [1.82, 2.24) is 9.88 Å². The Kier molecular flexibility index (Phi) is 3.84. The number of rotatable bonds is 4. The van der Waals surface area contributed by atoms with Gasteiger partial charge in [0.15, 0.2) is 0 Å². The Morgan fingerprint density at radius 2 is 1.90 bits per heavy atom. The number of benzene rings is 1. The summed E-state index contributed by atoms with van der Waals surface area (Å²) in [4.78, 5) is 12.4. The molecule has 0 aliphatic heterocycles. The van der Waals surface area contributed by atoms with Gasteiger partial charge in [-0.15, -0.1) is 0 Å². The lowest BCUT2D eigenvalue weighted by Crippen LogP contribution is -2.39. The summed E-state index contributed by atoms with van der Waals surface area (Å²) in [6, 6.07) is 11.4. The minimum absolute atomic E-state index is 0.00321. The number of aromatic nitrogens is 1. The summed E-state index contributed by atoms with van der Waals surface area (Å²) in [7, 11) is 1.96. The quantitative estimate of drug-likeness (QED) is 0.837. The lowest BCUT2D eigenvalue weighted by atomic mass is 9.83. The number of aryl methyl sites for hydroxylation is 1. The van der Waals surface area contributed by atoms with E-state index in [9.17, 15) is 4.79 Å². The summed E-state index contributed by atoms with van der Waals surface area (Å²) in [5.41, 5.74) is 7.83. The minimum atomic E-state index is -0.584. The molecule has 3 N–H and O–H groups in total. The molecule has 1 amide bonds. The van der Waals surface area contributed by atoms with E-state index in [2.05, 4.69) is 5.32 Å². The number of hydrogen-bond donors (Lipinski definition) is 2. The Morgan fingerprint density at radius 1 is 1.25 bits per heavy atom. The van der Waals surface area contributed by atoms with Gasteiger partial charge in [0.05, 0.1) is 12.0 Å². The number of nitrogen functional groups attached to an aromatic ring is 1. The van der Waals surface area contributed by atoms with Gasteiger partial charge in [-0.05, 0) is 43.7 Å². The summed E-state index contributed by atoms with van der Waals surface area (Å²) in [6.45, 7) is 4.36. The molecule has 0 fully saturated rings. The molecule has 0 saturated carbocycles. The molecular formula is C16H21N3O. The van der Waals surface area contributed by atoms with E-state index in [1.807, 2.05) is 68.1 Å². The standard InChI is InChI=1S/C16H21N3O/c1-16(2,12-6-8-13(17)9-7-12)15(20)18-11-14-5-4-10-19(14)3/h4-10H,11,17H2,1-3H3,(H,18,20). The van der Waals surface area contributed by atoms with Gasteiger partial charge >= 0.3 is 0 Å². The molecule has 0 unspecified atom stereocenters. The molecule has 0 aliphatic carbocycles. The van der Waals surface area contributed by atoms with Gasteiger partial charge in [0.25, 0.3) is 0 Å². The molecule has 4 heteroatoms. The van der Waals surface area contributed by atoms with Crippen LogP contribution < -0.4 is 11.1 Å². The van der Waals surface area contributed by atoms with Crippen LogP contribution >= 0.6 is 0 Å². The van der Waals surface area contributed by atoms with Gasteiger partial charge in [-0.1, -0.05) is 12.1 Å². The first-order valence-electron chi connectivity index (χ1n) is 6.66. The van der Waals surface area contributed by atoms with Crippen molar-refractivity contribution in [1.29, 1.82) is 0 Å². The molecule has 4 nitrogen and oxygen atoms in total. The smallest absolute Gasteiger partial charge is 0.230 e. The molecule has 0 aliphatic rings. The predicted octanol–water partition coefficient (Wildman–Crippen LogP) is 2.20. The van der Waals surface area contributed by atoms with E-state index >= 15 is 0 Å². The number of nitrogens with one attached hydrogen (secondary N) is 1. The SMILES string of the molecule is Cn1cccc1CNC(=O)C(C)(C)c1ccc(N)cc1. The van der Waals surface area contributed by atoms with Gasteiger partial charge in [-0.3, -0.25) is 4.79 Å². The minimum Gasteiger partial charge on any atom is -0.399 e. The Labute approximate surface area is 119 Å². The van der Waals surface area contributed by atoms with E-state index < -0.39 is 5.41 Å². The third-order valence-electron chi connectivity index (χ3n) is 3.68. The van der Waals surface area contributed by atoms with Crippen molar-refractivity contribution in [3.63, 3.8) is 0 Å². The normalized spacial score (nSPS) is 11.3. The van der Waals surface area contributed by atoms with Crippen molar-refractivity contribution >= 4 is 11.6 Å². The zero-order valence-electron chi connectivity index (χ0n) is 12.2. The predicted molar refractivity (Wildman–Crippen MR) is 81.1 cm³/mol. The van der Waals surface area contributed by atoms with Crippen molar-refractivity contribution < 1.29 is 4.79 Å². The van der Waals surface area contributed by atoms with Crippen LogP contribution in [0.4, 0.5) is 5.69 Å². The van der Waals surface area contributed by atoms with Crippen LogP contribution in [-0.2, 0) is 23.8 Å². The van der Waals surface area contributed by atoms with Crippen LogP contribution in [0.25, 0.3) is 0 Å². The highest BCUT2D eigenvalue weighted by molar-refractivity contribution is 5.87. The van der Waals surface area contributed by atoms with Crippen molar-refractivity contribution in [2.24, 2.45) is 7.05 Å². The molecule has 0 bridgehead atoms. The highest BCUT2D eigenvalue weighted by Crippen LogP contribution is 2.24. The average Bonchev–Trinajstić information content (AvgIpc) is 2.82. The molecule has 106 valence electrons. The second-order valence-electron chi connectivity index (χ2n) is 5.54. The van der Waals surface area contributed by atoms with E-state index in [1.165, 1.54) is 0 Å². The topological polar surface area (TPSA) is 60.0 Å². The number of carbonyl (C=O) groups is 1. The lowest BCUT2D eigenvalue weighted by molar-refractivity contribution is -0.125. The van der Waals surface area contributed by atoms with E-state index in [1.54, 1.807) is 0 Å². The van der Waals surface area contributed by atoms with Crippen molar-refractivity contribution in [2.45, 2.75) is 25.8 Å². The Balaban J connectivity index is 2.07. The summed E-state index contributed by atoms with van der Waals surface area (Å²) in [5, 5.41) is 2.99. The van der Waals surface area contributed by atoms with Crippen LogP contribution in [0.5, 0.6) is 0 Å². The van der Waals surface area contributed by atoms with Gasteiger partial charge in [-0.2, -0.15) is 0 Å². The van der Waals surface area contributed by atoms with Gasteiger partial charge in [0.1, 0.15) is 0 Å². The fourth-order valence-corrected chi connectivity index (χ4v) is 2.10. The first-order chi connectivity index (χ1) is 9.41. The molecule has 20 heavy (non-hydrogen) atoms. The first-order valence-corrected chi connectivity index (χ1v) is 6.66. The average molecular weight is 271 g/mol. The molecule has 1 aromatic heterocycles. The van der Waals surface area contributed by atoms with Crippen LogP contribution in [0.3, 0.4) is 0 Å². The zero-order valence-corrected chi connectivity index (χ0v) is 12.2. The highest BCUT2D eigenvalue weighted by Gasteiger charge is 2.29. The summed E-state index contributed by atoms with van der Waals surface area (Å²) < 4.78 is 2.00. The maximum absolute atomic E-state index is 12.4. The number of amides is 1. The van der Waals surface area contributed by atoms with Gasteiger partial charge in [-0.25, -0.2) is 0 Å². The lowest BCUT2D eigenvalue weighted by Gasteiger charge is -2.24. The summed E-state index contributed by atoms with van der Waals surface area (Å²) >= 11 is 0. The Bertz CT molecular complexity index is 596. The number of nitrogens with two attached hydrogens (primary N) is 1. The molecular weight excluding hydrogens is 250 g/mol. The number of anilines is 1. The third kappa shape index (κ3) is 2.85. The Morgan fingerprint density at radius 3 is 2.45 bits per heavy atom. The summed E-state index contributed by atoms with van der Waals surface area (Å²) in [6.07, 6.45) is 1.96. The second kappa shape index (κ2) is 5.41. The molecule has 1 aromatic carbocycles. The molecule has 0 radical (unpaired) electrons. The van der Waals surface area contributed by atoms with Crippen LogP contribution in [0.1, 0.15) is 25.1 Å². The third-order valence-corrected chi connectivity index (χ3v) is 3.68. The molecule has 2 aromatic rings. The van der Waals surface area contributed by atoms with Crippen molar-refractivity contribution in [3.8, 4) is 0 Å². The monoisotopic (exact) mass is 271 g/mol. The molecule has 0 atom stereocenters. The van der Waals surface area contributed by atoms with E-state index in [-0.39, 0.29) is 5.91 Å². The van der Waals surface area contributed by atoms with Gasteiger partial charge in [0.2, 0.25) is 5.91 Å². The van der Waals surface area contributed by atoms with Crippen LogP contribution in [0.15, 0.2) is 42.6 Å². The van der Waals surface area contributed by atoms with E-state index in [4.69, 9.17) is 5.73 Å². The Hall–Kier alpha value is -2.23. The van der Waals surface area contributed by atoms with Gasteiger partial charge in [0, 0.05) is 24.6 Å². The number of carbonyl (C=O) groups excluding carboxylic acids is 1. The van der Waals surface area contributed by atoms with Crippen molar-refractivity contribution in [2.75, 3.05) is 5.73 Å². The maximum Gasteiger partial charge on any atom is 0.230 e. The van der Waals surface area contributed by atoms with Crippen molar-refractivity contribution in [3.05, 3.63) is 53.9 Å². The van der Waals surface area contributed by atoms with Crippen LogP contribution in [0.2, 0.25) is 0 Å². The molecule has 0 spiro atoms. The zero-order chi connectivity index (χ0) is 14.8. The largest absolute Gasteiger partial charge is 0.399 e. The summed E-state index contributed by atoms with van der Waals surface area (Å²) in [5.74, 6) is 0.00321. The fraction of sp³-hybridized carbons (Fsp3) is 0.312. The second-order valence-corrected chi connectivity index (χ2v) is 5.54. The first kappa shape index (κ1) is 14.2. The fourth-order valence-electron chi connectivity index (χ4n) is 2.10. The molecule has 2 rings (SSSR count). The molecule has 1 heterocycles. The maximum atomic E-state index is 12.4. The van der Waals surface area contributed by atoms with Gasteiger partial charge < -0.3 is 15.6 Å². The van der Waals surface area contributed by atoms with Crippen LogP contribution in [-0.4, -0.2) is 10.5 Å². The van der Waals surface area contributed by atoms with Crippen LogP contribution in [0, 0.1) is 0 Å². The molecule has 0 saturated heterocycles.